The van der Waals surface area contributed by atoms with Crippen molar-refractivity contribution in [1.82, 2.24) is 9.80 Å². The van der Waals surface area contributed by atoms with Crippen molar-refractivity contribution in [3.8, 4) is 0 Å². The second-order valence-electron chi connectivity index (χ2n) is 7.27. The molecule has 3 aromatic carbocycles. The van der Waals surface area contributed by atoms with Crippen LogP contribution in [0.25, 0.3) is 0 Å². The molecular formula is C24H23N3O. The molecular weight excluding hydrogens is 346 g/mol. The molecule has 2 aliphatic rings. The first kappa shape index (κ1) is 17.0. The topological polar surface area (TPSA) is 28.1 Å². The Kier molecular flexibility index (Phi) is 4.55. The molecule has 5 rings (SSSR count). The van der Waals surface area contributed by atoms with E-state index in [4.69, 9.17) is 4.84 Å². The summed E-state index contributed by atoms with van der Waals surface area (Å²) in [5, 5.41) is 4.45. The summed E-state index contributed by atoms with van der Waals surface area (Å²) in [6.07, 6.45) is 0.779. The van der Waals surface area contributed by atoms with Crippen LogP contribution in [0.5, 0.6) is 0 Å². The highest BCUT2D eigenvalue weighted by atomic mass is 16.7. The first-order valence-electron chi connectivity index (χ1n) is 9.79. The molecule has 4 heteroatoms. The maximum Gasteiger partial charge on any atom is 0.228 e. The lowest BCUT2D eigenvalue weighted by Crippen LogP contribution is -2.49. The lowest BCUT2D eigenvalue weighted by atomic mass is 10.0. The molecule has 140 valence electrons. The quantitative estimate of drug-likeness (QED) is 0.652. The van der Waals surface area contributed by atoms with Crippen LogP contribution in [0.15, 0.2) is 96.2 Å². The number of amidine groups is 1. The van der Waals surface area contributed by atoms with Gasteiger partial charge in [-0.05, 0) is 11.1 Å². The summed E-state index contributed by atoms with van der Waals surface area (Å²) in [4.78, 5) is 10.8. The van der Waals surface area contributed by atoms with Crippen molar-refractivity contribution in [2.75, 3.05) is 6.54 Å². The zero-order valence-corrected chi connectivity index (χ0v) is 15.7. The van der Waals surface area contributed by atoms with Crippen molar-refractivity contribution in [2.45, 2.75) is 25.4 Å². The van der Waals surface area contributed by atoms with Gasteiger partial charge in [-0.3, -0.25) is 9.80 Å². The first-order chi connectivity index (χ1) is 13.9. The van der Waals surface area contributed by atoms with Gasteiger partial charge in [0, 0.05) is 25.1 Å². The third-order valence-corrected chi connectivity index (χ3v) is 5.45. The molecule has 0 amide bonds. The van der Waals surface area contributed by atoms with Gasteiger partial charge in [-0.25, -0.2) is 0 Å². The fourth-order valence-electron chi connectivity index (χ4n) is 4.15. The second-order valence-corrected chi connectivity index (χ2v) is 7.27. The number of hydrogen-bond acceptors (Lipinski definition) is 4. The molecule has 0 radical (unpaired) electrons. The van der Waals surface area contributed by atoms with E-state index in [1.807, 2.05) is 6.07 Å². The van der Waals surface area contributed by atoms with Crippen molar-refractivity contribution in [3.05, 3.63) is 108 Å². The monoisotopic (exact) mass is 369 g/mol. The second kappa shape index (κ2) is 7.49. The molecule has 0 N–H and O–H groups in total. The molecule has 2 atom stereocenters. The van der Waals surface area contributed by atoms with E-state index in [1.165, 1.54) is 11.1 Å². The maximum atomic E-state index is 5.92. The number of hydrogen-bond donors (Lipinski definition) is 0. The van der Waals surface area contributed by atoms with E-state index >= 15 is 0 Å². The Morgan fingerprint density at radius 2 is 1.39 bits per heavy atom. The van der Waals surface area contributed by atoms with Gasteiger partial charge in [-0.1, -0.05) is 96.2 Å². The van der Waals surface area contributed by atoms with Crippen molar-refractivity contribution in [3.63, 3.8) is 0 Å². The highest BCUT2D eigenvalue weighted by Crippen LogP contribution is 2.41. The summed E-state index contributed by atoms with van der Waals surface area (Å²) in [7, 11) is 0. The predicted octanol–water partition coefficient (Wildman–Crippen LogP) is 4.94. The molecule has 0 unspecified atom stereocenters. The van der Waals surface area contributed by atoms with Gasteiger partial charge in [-0.2, -0.15) is 0 Å². The summed E-state index contributed by atoms with van der Waals surface area (Å²) in [5.41, 5.74) is 3.71. The van der Waals surface area contributed by atoms with E-state index in [0.29, 0.717) is 0 Å². The van der Waals surface area contributed by atoms with E-state index in [9.17, 15) is 0 Å². The van der Waals surface area contributed by atoms with Gasteiger partial charge >= 0.3 is 0 Å². The first-order valence-corrected chi connectivity index (χ1v) is 9.79. The SMILES string of the molecule is c1ccc(CN2CCC3=NO[C@H](c4ccccc4)N3[C@@H]2c2ccccc2)cc1. The Labute approximate surface area is 165 Å². The molecule has 3 aromatic rings. The van der Waals surface area contributed by atoms with Gasteiger partial charge in [0.05, 0.1) is 0 Å². The van der Waals surface area contributed by atoms with Gasteiger partial charge in [0.15, 0.2) is 5.84 Å². The maximum absolute atomic E-state index is 5.92. The molecule has 1 saturated heterocycles. The van der Waals surface area contributed by atoms with Gasteiger partial charge in [-0.15, -0.1) is 0 Å². The lowest BCUT2D eigenvalue weighted by Gasteiger charge is -2.44. The number of nitrogens with zero attached hydrogens (tertiary/aromatic N) is 3. The van der Waals surface area contributed by atoms with Crippen LogP contribution in [0, 0.1) is 0 Å². The van der Waals surface area contributed by atoms with E-state index in [1.54, 1.807) is 0 Å². The highest BCUT2D eigenvalue weighted by Gasteiger charge is 2.43. The normalized spacial score (nSPS) is 21.7. The third kappa shape index (κ3) is 3.16. The van der Waals surface area contributed by atoms with E-state index < -0.39 is 0 Å². The molecule has 1 fully saturated rings. The summed E-state index contributed by atoms with van der Waals surface area (Å²) in [6, 6.07) is 31.7. The van der Waals surface area contributed by atoms with Crippen molar-refractivity contribution < 1.29 is 4.84 Å². The molecule has 2 heterocycles. The average molecular weight is 369 g/mol. The third-order valence-electron chi connectivity index (χ3n) is 5.45. The Bertz CT molecular complexity index is 943. The zero-order valence-electron chi connectivity index (χ0n) is 15.7. The van der Waals surface area contributed by atoms with Gasteiger partial charge in [0.1, 0.15) is 6.17 Å². The van der Waals surface area contributed by atoms with Crippen LogP contribution in [0.4, 0.5) is 0 Å². The predicted molar refractivity (Wildman–Crippen MR) is 110 cm³/mol. The molecule has 28 heavy (non-hydrogen) atoms. The van der Waals surface area contributed by atoms with Gasteiger partial charge in [0.2, 0.25) is 6.23 Å². The largest absolute Gasteiger partial charge is 0.364 e. The van der Waals surface area contributed by atoms with E-state index in [2.05, 4.69) is 99.9 Å². The van der Waals surface area contributed by atoms with E-state index in [0.717, 1.165) is 30.9 Å². The molecule has 0 saturated carbocycles. The van der Waals surface area contributed by atoms with Crippen LogP contribution < -0.4 is 0 Å². The fourth-order valence-corrected chi connectivity index (χ4v) is 4.15. The highest BCUT2D eigenvalue weighted by molar-refractivity contribution is 5.84. The van der Waals surface area contributed by atoms with Crippen LogP contribution in [-0.2, 0) is 11.4 Å². The molecule has 0 aromatic heterocycles. The van der Waals surface area contributed by atoms with Crippen molar-refractivity contribution in [2.24, 2.45) is 5.16 Å². The molecule has 4 nitrogen and oxygen atoms in total. The minimum atomic E-state index is -0.194. The minimum Gasteiger partial charge on any atom is -0.364 e. The Morgan fingerprint density at radius 3 is 2.07 bits per heavy atom. The number of oxime groups is 1. The van der Waals surface area contributed by atoms with Crippen LogP contribution in [0.2, 0.25) is 0 Å². The number of benzene rings is 3. The lowest BCUT2D eigenvalue weighted by molar-refractivity contribution is -0.0559. The smallest absolute Gasteiger partial charge is 0.228 e. The molecule has 2 aliphatic heterocycles. The van der Waals surface area contributed by atoms with Gasteiger partial charge in [0.25, 0.3) is 0 Å². The zero-order chi connectivity index (χ0) is 18.8. The van der Waals surface area contributed by atoms with E-state index in [-0.39, 0.29) is 12.4 Å². The van der Waals surface area contributed by atoms with Gasteiger partial charge < -0.3 is 4.84 Å². The van der Waals surface area contributed by atoms with Crippen LogP contribution in [0.1, 0.15) is 35.5 Å². The van der Waals surface area contributed by atoms with Crippen LogP contribution in [-0.4, -0.2) is 22.2 Å². The summed E-state index contributed by atoms with van der Waals surface area (Å²) >= 11 is 0. The summed E-state index contributed by atoms with van der Waals surface area (Å²) in [5.74, 6) is 1.03. The fraction of sp³-hybridized carbons (Fsp3) is 0.208. The summed E-state index contributed by atoms with van der Waals surface area (Å²) < 4.78 is 0. The Morgan fingerprint density at radius 1 is 0.786 bits per heavy atom. The number of rotatable bonds is 4. The van der Waals surface area contributed by atoms with Crippen molar-refractivity contribution >= 4 is 5.84 Å². The minimum absolute atomic E-state index is 0.0848. The Balaban J connectivity index is 1.53. The molecule has 0 spiro atoms. The van der Waals surface area contributed by atoms with Crippen molar-refractivity contribution in [1.29, 1.82) is 0 Å². The summed E-state index contributed by atoms with van der Waals surface area (Å²) in [6.45, 7) is 1.85. The molecule has 0 bridgehead atoms. The standard InChI is InChI=1S/C24H23N3O/c1-4-10-19(11-5-1)18-26-17-16-22-25-28-24(21-14-8-3-9-15-21)27(22)23(26)20-12-6-2-7-13-20/h1-15,23-24H,16-18H2/t23-,24-/m1/s1. The number of fused-ring (bicyclic) bond motifs is 1. The molecule has 0 aliphatic carbocycles. The van der Waals surface area contributed by atoms with Crippen LogP contribution in [0.3, 0.4) is 0 Å². The van der Waals surface area contributed by atoms with Crippen LogP contribution >= 0.6 is 0 Å². The Hall–Kier alpha value is -3.11. The average Bonchev–Trinajstić information content (AvgIpc) is 3.20.